The maximum Gasteiger partial charge on any atom is 0.186 e. The van der Waals surface area contributed by atoms with Gasteiger partial charge in [-0.3, -0.25) is 10.2 Å². The normalized spacial score (nSPS) is 18.1. The summed E-state index contributed by atoms with van der Waals surface area (Å²) >= 11 is 2.59. The van der Waals surface area contributed by atoms with Gasteiger partial charge in [0.1, 0.15) is 15.9 Å². The number of unbranched alkanes of at least 4 members (excludes halogenated alkanes) is 1. The van der Waals surface area contributed by atoms with Crippen molar-refractivity contribution >= 4 is 40.0 Å². The van der Waals surface area contributed by atoms with Crippen molar-refractivity contribution < 1.29 is 14.3 Å². The molecule has 1 aromatic carbocycles. The van der Waals surface area contributed by atoms with Crippen LogP contribution in [0.1, 0.15) is 48.2 Å². The maximum absolute atomic E-state index is 12.9. The molecule has 1 aliphatic heterocycles. The van der Waals surface area contributed by atoms with E-state index in [9.17, 15) is 4.79 Å². The summed E-state index contributed by atoms with van der Waals surface area (Å²) in [5.74, 6) is 0.586. The molecule has 1 N–H and O–H groups in total. The molecule has 1 aliphatic rings. The number of ether oxygens (including phenoxy) is 2. The second-order valence-electron chi connectivity index (χ2n) is 6.27. The van der Waals surface area contributed by atoms with Crippen LogP contribution in [0.2, 0.25) is 0 Å². The largest absolute Gasteiger partial charge is 0.493 e. The van der Waals surface area contributed by atoms with E-state index in [0.717, 1.165) is 29.8 Å². The molecule has 3 rings (SSSR count). The van der Waals surface area contributed by atoms with Crippen molar-refractivity contribution in [3.05, 3.63) is 38.7 Å². The SMILES string of the molecule is CCCCOc1ccc(/C=C2\SC(=N)[C@H](c3nnc(CC)s3)C2=O)cc1OC. The number of carbonyl (C=O) groups is 1. The van der Waals surface area contributed by atoms with Gasteiger partial charge in [0.2, 0.25) is 0 Å². The molecule has 0 spiro atoms. The van der Waals surface area contributed by atoms with Gasteiger partial charge >= 0.3 is 0 Å². The molecule has 1 saturated heterocycles. The van der Waals surface area contributed by atoms with Crippen LogP contribution in [0.25, 0.3) is 6.08 Å². The molecule has 0 aliphatic carbocycles. The fourth-order valence-electron chi connectivity index (χ4n) is 2.71. The van der Waals surface area contributed by atoms with Crippen molar-refractivity contribution in [2.75, 3.05) is 13.7 Å². The van der Waals surface area contributed by atoms with Gasteiger partial charge in [0.15, 0.2) is 17.3 Å². The summed E-state index contributed by atoms with van der Waals surface area (Å²) in [6.45, 7) is 4.75. The molecule has 1 fully saturated rings. The smallest absolute Gasteiger partial charge is 0.186 e. The van der Waals surface area contributed by atoms with Crippen LogP contribution in [0.4, 0.5) is 0 Å². The van der Waals surface area contributed by atoms with Crippen LogP contribution in [0.5, 0.6) is 11.5 Å². The molecule has 6 nitrogen and oxygen atoms in total. The van der Waals surface area contributed by atoms with Gasteiger partial charge in [0.05, 0.1) is 23.7 Å². The number of hydrogen-bond donors (Lipinski definition) is 1. The number of nitrogens with zero attached hydrogens (tertiary/aromatic N) is 2. The summed E-state index contributed by atoms with van der Waals surface area (Å²) < 4.78 is 11.2. The van der Waals surface area contributed by atoms with Gasteiger partial charge in [0.25, 0.3) is 0 Å². The summed E-state index contributed by atoms with van der Waals surface area (Å²) in [6.07, 6.45) is 4.61. The number of aromatic nitrogens is 2. The van der Waals surface area contributed by atoms with Crippen LogP contribution in [0.3, 0.4) is 0 Å². The number of thioether (sulfide) groups is 1. The Morgan fingerprint density at radius 1 is 1.25 bits per heavy atom. The van der Waals surface area contributed by atoms with E-state index in [0.29, 0.717) is 33.1 Å². The van der Waals surface area contributed by atoms with Gasteiger partial charge in [-0.15, -0.1) is 21.5 Å². The number of Topliss-reactive ketones (excluding diaryl/α,β-unsaturated/α-hetero) is 1. The molecule has 28 heavy (non-hydrogen) atoms. The average molecular weight is 418 g/mol. The first-order valence-electron chi connectivity index (χ1n) is 9.22. The summed E-state index contributed by atoms with van der Waals surface area (Å²) in [6, 6.07) is 5.59. The molecule has 0 amide bonds. The third-order valence-electron chi connectivity index (χ3n) is 4.26. The highest BCUT2D eigenvalue weighted by atomic mass is 32.2. The van der Waals surface area contributed by atoms with Gasteiger partial charge in [0, 0.05) is 0 Å². The standard InChI is InChI=1S/C20H23N3O3S2/c1-4-6-9-26-13-8-7-12(10-14(13)25-3)11-15-18(24)17(19(21)27-15)20-23-22-16(5-2)28-20/h7-8,10-11,17,21H,4-6,9H2,1-3H3/b15-11-,21-19?/t17-/m1/s1. The van der Waals surface area contributed by atoms with E-state index in [1.54, 1.807) is 13.2 Å². The number of benzene rings is 1. The van der Waals surface area contributed by atoms with Crippen LogP contribution in [-0.4, -0.2) is 34.7 Å². The highest BCUT2D eigenvalue weighted by Crippen LogP contribution is 2.42. The number of nitrogens with one attached hydrogen (secondary N) is 1. The predicted molar refractivity (Wildman–Crippen MR) is 114 cm³/mol. The predicted octanol–water partition coefficient (Wildman–Crippen LogP) is 4.71. The molecular formula is C20H23N3O3S2. The van der Waals surface area contributed by atoms with Crippen LogP contribution in [-0.2, 0) is 11.2 Å². The molecule has 0 unspecified atom stereocenters. The third-order valence-corrected chi connectivity index (χ3v) is 6.39. The highest BCUT2D eigenvalue weighted by Gasteiger charge is 2.39. The zero-order chi connectivity index (χ0) is 20.1. The number of hydrogen-bond acceptors (Lipinski definition) is 8. The Kier molecular flexibility index (Phi) is 6.85. The lowest BCUT2D eigenvalue weighted by molar-refractivity contribution is -0.114. The van der Waals surface area contributed by atoms with Gasteiger partial charge in [-0.2, -0.15) is 0 Å². The summed E-state index contributed by atoms with van der Waals surface area (Å²) in [5, 5.41) is 18.2. The van der Waals surface area contributed by atoms with Crippen molar-refractivity contribution in [3.8, 4) is 11.5 Å². The molecule has 8 heteroatoms. The van der Waals surface area contributed by atoms with Crippen molar-refractivity contribution in [2.24, 2.45) is 0 Å². The minimum atomic E-state index is -0.632. The van der Waals surface area contributed by atoms with E-state index in [1.165, 1.54) is 23.1 Å². The first kappa shape index (κ1) is 20.5. The van der Waals surface area contributed by atoms with Crippen molar-refractivity contribution in [2.45, 2.75) is 39.0 Å². The monoisotopic (exact) mass is 417 g/mol. The molecule has 148 valence electrons. The zero-order valence-electron chi connectivity index (χ0n) is 16.2. The van der Waals surface area contributed by atoms with Crippen molar-refractivity contribution in [1.82, 2.24) is 10.2 Å². The van der Waals surface area contributed by atoms with Crippen LogP contribution in [0, 0.1) is 5.41 Å². The number of ketones is 1. The minimum Gasteiger partial charge on any atom is -0.493 e. The van der Waals surface area contributed by atoms with Crippen LogP contribution in [0.15, 0.2) is 23.1 Å². The van der Waals surface area contributed by atoms with E-state index in [4.69, 9.17) is 14.9 Å². The third kappa shape index (κ3) is 4.44. The molecule has 0 bridgehead atoms. The summed E-state index contributed by atoms with van der Waals surface area (Å²) in [4.78, 5) is 13.4. The van der Waals surface area contributed by atoms with Gasteiger partial charge in [-0.05, 0) is 36.6 Å². The quantitative estimate of drug-likeness (QED) is 0.495. The summed E-state index contributed by atoms with van der Waals surface area (Å²) in [5.41, 5.74) is 0.829. The number of allylic oxidation sites excluding steroid dienone is 1. The fourth-order valence-corrected chi connectivity index (χ4v) is 4.66. The van der Waals surface area contributed by atoms with E-state index < -0.39 is 5.92 Å². The lowest BCUT2D eigenvalue weighted by atomic mass is 10.1. The second kappa shape index (κ2) is 9.34. The molecule has 2 heterocycles. The number of methoxy groups -OCH3 is 1. The topological polar surface area (TPSA) is 85.2 Å². The Bertz CT molecular complexity index is 908. The molecular weight excluding hydrogens is 394 g/mol. The average Bonchev–Trinajstić information content (AvgIpc) is 3.27. The molecule has 0 saturated carbocycles. The Balaban J connectivity index is 1.81. The molecule has 1 aromatic heterocycles. The number of rotatable bonds is 8. The van der Waals surface area contributed by atoms with Gasteiger partial charge in [-0.1, -0.05) is 38.1 Å². The Morgan fingerprint density at radius 3 is 2.75 bits per heavy atom. The summed E-state index contributed by atoms with van der Waals surface area (Å²) in [7, 11) is 1.60. The number of carbonyl (C=O) groups excluding carboxylic acids is 1. The van der Waals surface area contributed by atoms with Crippen LogP contribution < -0.4 is 9.47 Å². The highest BCUT2D eigenvalue weighted by molar-refractivity contribution is 8.19. The lowest BCUT2D eigenvalue weighted by Gasteiger charge is -2.11. The lowest BCUT2D eigenvalue weighted by Crippen LogP contribution is -2.11. The molecule has 0 radical (unpaired) electrons. The minimum absolute atomic E-state index is 0.101. The Hall–Kier alpha value is -2.19. The first-order valence-corrected chi connectivity index (χ1v) is 10.9. The number of aryl methyl sites for hydroxylation is 1. The molecule has 2 aromatic rings. The second-order valence-corrected chi connectivity index (χ2v) is 8.45. The van der Waals surface area contributed by atoms with Crippen LogP contribution >= 0.6 is 23.1 Å². The van der Waals surface area contributed by atoms with E-state index in [-0.39, 0.29) is 5.78 Å². The van der Waals surface area contributed by atoms with Crippen molar-refractivity contribution in [3.63, 3.8) is 0 Å². The van der Waals surface area contributed by atoms with Gasteiger partial charge < -0.3 is 9.47 Å². The Morgan fingerprint density at radius 2 is 2.07 bits per heavy atom. The first-order chi connectivity index (χ1) is 13.6. The molecule has 1 atom stereocenters. The van der Waals surface area contributed by atoms with E-state index in [1.807, 2.05) is 25.1 Å². The fraction of sp³-hybridized carbons (Fsp3) is 0.400. The Labute approximate surface area is 172 Å². The van der Waals surface area contributed by atoms with Gasteiger partial charge in [-0.25, -0.2) is 0 Å². The zero-order valence-corrected chi connectivity index (χ0v) is 17.8. The van der Waals surface area contributed by atoms with E-state index >= 15 is 0 Å². The van der Waals surface area contributed by atoms with E-state index in [2.05, 4.69) is 17.1 Å². The van der Waals surface area contributed by atoms with Crippen molar-refractivity contribution in [1.29, 1.82) is 5.41 Å². The maximum atomic E-state index is 12.9.